The van der Waals surface area contributed by atoms with E-state index in [2.05, 4.69) is 4.98 Å². The summed E-state index contributed by atoms with van der Waals surface area (Å²) in [5, 5.41) is 10.3. The van der Waals surface area contributed by atoms with Crippen LogP contribution in [0.1, 0.15) is 23.0 Å². The molecule has 130 valence electrons. The fourth-order valence-electron chi connectivity index (χ4n) is 2.83. The second-order valence-corrected chi connectivity index (χ2v) is 5.80. The number of hydrogen-bond acceptors (Lipinski definition) is 3. The highest BCUT2D eigenvalue weighted by Gasteiger charge is 2.18. The summed E-state index contributed by atoms with van der Waals surface area (Å²) in [6, 6.07) is 17.3. The number of nitrogens with zero attached hydrogens (tertiary/aromatic N) is 1. The average Bonchev–Trinajstić information content (AvgIpc) is 3.05. The van der Waals surface area contributed by atoms with E-state index in [1.54, 1.807) is 4.90 Å². The lowest BCUT2D eigenvalue weighted by atomic mass is 10.2. The molecule has 0 aliphatic heterocycles. The highest BCUT2D eigenvalue weighted by atomic mass is 16.5. The van der Waals surface area contributed by atoms with Gasteiger partial charge >= 0.3 is 0 Å². The van der Waals surface area contributed by atoms with Crippen LogP contribution in [0, 0.1) is 0 Å². The quantitative estimate of drug-likeness (QED) is 0.695. The molecule has 0 atom stereocenters. The Hall–Kier alpha value is -2.79. The number of rotatable bonds is 7. The second kappa shape index (κ2) is 7.85. The van der Waals surface area contributed by atoms with E-state index in [0.717, 1.165) is 22.2 Å². The van der Waals surface area contributed by atoms with Crippen molar-refractivity contribution in [3.05, 3.63) is 65.9 Å². The molecule has 1 aromatic heterocycles. The van der Waals surface area contributed by atoms with Gasteiger partial charge in [0.2, 0.25) is 0 Å². The standard InChI is InChI=1S/C20H22N2O3/c1-2-25-17-9-8-16-12-19(21-18(16)13-17)20(24)22(10-11-23)14-15-6-4-3-5-7-15/h3-9,12-13,21,23H,2,10-11,14H2,1H3. The number of amides is 1. The molecule has 2 aromatic carbocycles. The lowest BCUT2D eigenvalue weighted by Gasteiger charge is -2.21. The third-order valence-corrected chi connectivity index (χ3v) is 4.01. The Bertz CT molecular complexity index is 843. The smallest absolute Gasteiger partial charge is 0.270 e. The Morgan fingerprint density at radius 1 is 1.16 bits per heavy atom. The number of H-pyrrole nitrogens is 1. The summed E-state index contributed by atoms with van der Waals surface area (Å²) in [5.41, 5.74) is 2.39. The van der Waals surface area contributed by atoms with Gasteiger partial charge in [-0.1, -0.05) is 30.3 Å². The Labute approximate surface area is 146 Å². The minimum atomic E-state index is -0.132. The molecule has 3 aromatic rings. The number of aliphatic hydroxyl groups is 1. The topological polar surface area (TPSA) is 65.6 Å². The number of carbonyl (C=O) groups excluding carboxylic acids is 1. The van der Waals surface area contributed by atoms with Crippen molar-refractivity contribution in [2.75, 3.05) is 19.8 Å². The number of hydrogen-bond donors (Lipinski definition) is 2. The van der Waals surface area contributed by atoms with E-state index in [1.165, 1.54) is 0 Å². The summed E-state index contributed by atoms with van der Waals surface area (Å²) in [6.07, 6.45) is 0. The number of carbonyl (C=O) groups is 1. The lowest BCUT2D eigenvalue weighted by molar-refractivity contribution is 0.0703. The normalized spacial score (nSPS) is 10.8. The first-order chi connectivity index (χ1) is 12.2. The molecule has 0 bridgehead atoms. The van der Waals surface area contributed by atoms with Gasteiger partial charge in [0, 0.05) is 30.1 Å². The Morgan fingerprint density at radius 3 is 2.68 bits per heavy atom. The number of ether oxygens (including phenoxy) is 1. The molecule has 0 saturated carbocycles. The number of aromatic amines is 1. The van der Waals surface area contributed by atoms with Crippen LogP contribution in [-0.4, -0.2) is 40.7 Å². The number of aliphatic hydroxyl groups excluding tert-OH is 1. The zero-order chi connectivity index (χ0) is 17.6. The molecule has 3 rings (SSSR count). The molecule has 0 fully saturated rings. The van der Waals surface area contributed by atoms with Crippen LogP contribution in [0.2, 0.25) is 0 Å². The highest BCUT2D eigenvalue weighted by molar-refractivity contribution is 5.98. The molecule has 0 unspecified atom stereocenters. The Kier molecular flexibility index (Phi) is 5.36. The van der Waals surface area contributed by atoms with Gasteiger partial charge in [-0.15, -0.1) is 0 Å². The third kappa shape index (κ3) is 4.00. The van der Waals surface area contributed by atoms with Crippen molar-refractivity contribution in [2.45, 2.75) is 13.5 Å². The summed E-state index contributed by atoms with van der Waals surface area (Å²) < 4.78 is 5.50. The fraction of sp³-hybridized carbons (Fsp3) is 0.250. The lowest BCUT2D eigenvalue weighted by Crippen LogP contribution is -2.33. The van der Waals surface area contributed by atoms with Crippen molar-refractivity contribution in [3.8, 4) is 5.75 Å². The molecule has 0 radical (unpaired) electrons. The first-order valence-corrected chi connectivity index (χ1v) is 8.41. The van der Waals surface area contributed by atoms with E-state index in [-0.39, 0.29) is 19.1 Å². The van der Waals surface area contributed by atoms with E-state index in [9.17, 15) is 9.90 Å². The van der Waals surface area contributed by atoms with Crippen molar-refractivity contribution in [3.63, 3.8) is 0 Å². The van der Waals surface area contributed by atoms with E-state index >= 15 is 0 Å². The zero-order valence-corrected chi connectivity index (χ0v) is 14.2. The van der Waals surface area contributed by atoms with Crippen LogP contribution >= 0.6 is 0 Å². The fourth-order valence-corrected chi connectivity index (χ4v) is 2.83. The van der Waals surface area contributed by atoms with Gasteiger partial charge in [0.1, 0.15) is 11.4 Å². The van der Waals surface area contributed by atoms with E-state index < -0.39 is 0 Å². The molecule has 0 spiro atoms. The second-order valence-electron chi connectivity index (χ2n) is 5.80. The van der Waals surface area contributed by atoms with Gasteiger partial charge < -0.3 is 19.7 Å². The first kappa shape index (κ1) is 17.0. The van der Waals surface area contributed by atoms with Crippen LogP contribution in [-0.2, 0) is 6.54 Å². The zero-order valence-electron chi connectivity index (χ0n) is 14.2. The number of aromatic nitrogens is 1. The largest absolute Gasteiger partial charge is 0.494 e. The van der Waals surface area contributed by atoms with Crippen LogP contribution in [0.4, 0.5) is 0 Å². The van der Waals surface area contributed by atoms with E-state index in [4.69, 9.17) is 4.74 Å². The summed E-state index contributed by atoms with van der Waals surface area (Å²) in [5.74, 6) is 0.638. The monoisotopic (exact) mass is 338 g/mol. The molecule has 2 N–H and O–H groups in total. The van der Waals surface area contributed by atoms with Gasteiger partial charge in [0.25, 0.3) is 5.91 Å². The maximum Gasteiger partial charge on any atom is 0.270 e. The van der Waals surface area contributed by atoms with Crippen molar-refractivity contribution in [2.24, 2.45) is 0 Å². The Morgan fingerprint density at radius 2 is 1.96 bits per heavy atom. The van der Waals surface area contributed by atoms with Gasteiger partial charge in [-0.2, -0.15) is 0 Å². The van der Waals surface area contributed by atoms with Crippen LogP contribution in [0.5, 0.6) is 5.75 Å². The minimum Gasteiger partial charge on any atom is -0.494 e. The number of benzene rings is 2. The van der Waals surface area contributed by atoms with Gasteiger partial charge in [0.15, 0.2) is 0 Å². The van der Waals surface area contributed by atoms with Crippen molar-refractivity contribution < 1.29 is 14.6 Å². The van der Waals surface area contributed by atoms with Gasteiger partial charge in [-0.05, 0) is 30.7 Å². The number of fused-ring (bicyclic) bond motifs is 1. The maximum absolute atomic E-state index is 12.9. The molecule has 1 amide bonds. The molecule has 25 heavy (non-hydrogen) atoms. The predicted molar refractivity (Wildman–Crippen MR) is 97.7 cm³/mol. The summed E-state index contributed by atoms with van der Waals surface area (Å²) >= 11 is 0. The molecule has 5 nitrogen and oxygen atoms in total. The van der Waals surface area contributed by atoms with Crippen molar-refractivity contribution in [1.29, 1.82) is 0 Å². The van der Waals surface area contributed by atoms with Crippen LogP contribution in [0.3, 0.4) is 0 Å². The van der Waals surface area contributed by atoms with E-state index in [1.807, 2.05) is 61.5 Å². The first-order valence-electron chi connectivity index (χ1n) is 8.41. The third-order valence-electron chi connectivity index (χ3n) is 4.01. The summed E-state index contributed by atoms with van der Waals surface area (Å²) in [6.45, 7) is 3.20. The SMILES string of the molecule is CCOc1ccc2cc(C(=O)N(CCO)Cc3ccccc3)[nH]c2c1. The molecular weight excluding hydrogens is 316 g/mol. The molecule has 5 heteroatoms. The maximum atomic E-state index is 12.9. The van der Waals surface area contributed by atoms with Gasteiger partial charge in [0.05, 0.1) is 13.2 Å². The molecule has 0 saturated heterocycles. The van der Waals surface area contributed by atoms with E-state index in [0.29, 0.717) is 18.8 Å². The minimum absolute atomic E-state index is 0.0761. The predicted octanol–water partition coefficient (Wildman–Crippen LogP) is 3.20. The van der Waals surface area contributed by atoms with Gasteiger partial charge in [-0.25, -0.2) is 0 Å². The summed E-state index contributed by atoms with van der Waals surface area (Å²) in [4.78, 5) is 17.7. The number of nitrogens with one attached hydrogen (secondary N) is 1. The van der Waals surface area contributed by atoms with Crippen molar-refractivity contribution >= 4 is 16.8 Å². The molecule has 0 aliphatic rings. The van der Waals surface area contributed by atoms with Crippen molar-refractivity contribution in [1.82, 2.24) is 9.88 Å². The van der Waals surface area contributed by atoms with Crippen LogP contribution in [0.15, 0.2) is 54.6 Å². The van der Waals surface area contributed by atoms with Crippen LogP contribution in [0.25, 0.3) is 10.9 Å². The van der Waals surface area contributed by atoms with Crippen LogP contribution < -0.4 is 4.74 Å². The molecule has 0 aliphatic carbocycles. The average molecular weight is 338 g/mol. The highest BCUT2D eigenvalue weighted by Crippen LogP contribution is 2.22. The molecular formula is C20H22N2O3. The molecule has 1 heterocycles. The van der Waals surface area contributed by atoms with Gasteiger partial charge in [-0.3, -0.25) is 4.79 Å². The summed E-state index contributed by atoms with van der Waals surface area (Å²) in [7, 11) is 0. The Balaban J connectivity index is 1.84.